The third-order valence-corrected chi connectivity index (χ3v) is 4.77. The van der Waals surface area contributed by atoms with Gasteiger partial charge in [-0.2, -0.15) is 0 Å². The first-order valence-corrected chi connectivity index (χ1v) is 9.67. The van der Waals surface area contributed by atoms with Gasteiger partial charge in [-0.1, -0.05) is 58.8 Å². The van der Waals surface area contributed by atoms with Gasteiger partial charge in [0.25, 0.3) is 0 Å². The Kier molecular flexibility index (Phi) is 4.84. The fourth-order valence-corrected chi connectivity index (χ4v) is 3.11. The highest BCUT2D eigenvalue weighted by Gasteiger charge is 2.07. The zero-order chi connectivity index (χ0) is 17.8. The minimum Gasteiger partial charge on any atom is -0.340 e. The molecule has 2 aromatic carbocycles. The summed E-state index contributed by atoms with van der Waals surface area (Å²) in [5.74, 6) is 7.08. The molecule has 0 bridgehead atoms. The van der Waals surface area contributed by atoms with E-state index in [4.69, 9.17) is 0 Å². The highest BCUT2D eigenvalue weighted by atomic mass is 127. The second-order valence-corrected chi connectivity index (χ2v) is 6.51. The number of alkyl halides is 1. The van der Waals surface area contributed by atoms with Crippen molar-refractivity contribution in [1.29, 1.82) is 0 Å². The molecule has 0 aliphatic rings. The minimum atomic E-state index is 0.768. The van der Waals surface area contributed by atoms with Crippen molar-refractivity contribution in [2.75, 3.05) is 5.32 Å². The second kappa shape index (κ2) is 7.58. The molecule has 0 saturated carbocycles. The number of H-pyrrole nitrogens is 1. The van der Waals surface area contributed by atoms with Crippen molar-refractivity contribution < 1.29 is 0 Å². The molecule has 26 heavy (non-hydrogen) atoms. The monoisotopic (exact) mass is 450 g/mol. The largest absolute Gasteiger partial charge is 0.340 e. The Hall–Kier alpha value is -2.85. The maximum absolute atomic E-state index is 4.40. The van der Waals surface area contributed by atoms with Crippen molar-refractivity contribution in [2.24, 2.45) is 0 Å². The van der Waals surface area contributed by atoms with Crippen LogP contribution in [-0.4, -0.2) is 15.0 Å². The molecule has 0 saturated heterocycles. The van der Waals surface area contributed by atoms with Crippen molar-refractivity contribution in [2.45, 2.75) is 4.43 Å². The standard InChI is InChI=1S/C21H15IN4/c22-13-16-7-4-8-17(11-16)25-20-19-12-18(26-21(19)24-14-23-20)10-9-15-5-2-1-3-6-15/h1-8,11-12,14H,13H2,(H2,23,24,25,26). The minimum absolute atomic E-state index is 0.768. The molecule has 0 amide bonds. The first-order valence-electron chi connectivity index (χ1n) is 8.14. The number of halogens is 1. The summed E-state index contributed by atoms with van der Waals surface area (Å²) in [4.78, 5) is 12.0. The summed E-state index contributed by atoms with van der Waals surface area (Å²) >= 11 is 2.36. The van der Waals surface area contributed by atoms with Gasteiger partial charge < -0.3 is 10.3 Å². The van der Waals surface area contributed by atoms with Gasteiger partial charge in [-0.15, -0.1) is 0 Å². The quantitative estimate of drug-likeness (QED) is 0.261. The van der Waals surface area contributed by atoms with E-state index in [2.05, 4.69) is 66.8 Å². The molecule has 5 heteroatoms. The Morgan fingerprint density at radius 2 is 1.85 bits per heavy atom. The van der Waals surface area contributed by atoms with Crippen LogP contribution in [0.1, 0.15) is 16.8 Å². The van der Waals surface area contributed by atoms with E-state index in [0.29, 0.717) is 0 Å². The Bertz CT molecular complexity index is 1110. The average molecular weight is 450 g/mol. The predicted octanol–water partition coefficient (Wildman–Crippen LogP) is 5.04. The van der Waals surface area contributed by atoms with E-state index in [1.165, 1.54) is 5.56 Å². The van der Waals surface area contributed by atoms with E-state index >= 15 is 0 Å². The molecule has 2 aromatic heterocycles. The summed E-state index contributed by atoms with van der Waals surface area (Å²) < 4.78 is 0.968. The topological polar surface area (TPSA) is 53.6 Å². The van der Waals surface area contributed by atoms with Crippen molar-refractivity contribution >= 4 is 45.1 Å². The number of aromatic nitrogens is 3. The average Bonchev–Trinajstić information content (AvgIpc) is 3.12. The summed E-state index contributed by atoms with van der Waals surface area (Å²) in [6.07, 6.45) is 1.55. The van der Waals surface area contributed by atoms with Crippen LogP contribution in [0.25, 0.3) is 11.0 Å². The van der Waals surface area contributed by atoms with E-state index in [9.17, 15) is 0 Å². The van der Waals surface area contributed by atoms with Gasteiger partial charge in [0.15, 0.2) is 0 Å². The highest BCUT2D eigenvalue weighted by molar-refractivity contribution is 14.1. The van der Waals surface area contributed by atoms with Crippen molar-refractivity contribution in [3.05, 3.63) is 83.8 Å². The highest BCUT2D eigenvalue weighted by Crippen LogP contribution is 2.24. The smallest absolute Gasteiger partial charge is 0.143 e. The number of nitrogens with zero attached hydrogens (tertiary/aromatic N) is 2. The first kappa shape index (κ1) is 16.6. The molecule has 126 valence electrons. The third kappa shape index (κ3) is 3.70. The lowest BCUT2D eigenvalue weighted by molar-refractivity contribution is 1.19. The Labute approximate surface area is 165 Å². The van der Waals surface area contributed by atoms with Crippen LogP contribution in [-0.2, 0) is 4.43 Å². The van der Waals surface area contributed by atoms with Crippen LogP contribution >= 0.6 is 22.6 Å². The van der Waals surface area contributed by atoms with Crippen LogP contribution in [0, 0.1) is 11.8 Å². The van der Waals surface area contributed by atoms with Crippen molar-refractivity contribution in [3.8, 4) is 11.8 Å². The van der Waals surface area contributed by atoms with E-state index in [0.717, 1.165) is 38.2 Å². The number of anilines is 2. The summed E-state index contributed by atoms with van der Waals surface area (Å²) in [5.41, 5.74) is 4.84. The Balaban J connectivity index is 1.66. The molecule has 2 N–H and O–H groups in total. The number of nitrogens with one attached hydrogen (secondary N) is 2. The van der Waals surface area contributed by atoms with E-state index < -0.39 is 0 Å². The molecule has 0 aliphatic heterocycles. The zero-order valence-electron chi connectivity index (χ0n) is 13.8. The van der Waals surface area contributed by atoms with Crippen LogP contribution in [0.4, 0.5) is 11.5 Å². The summed E-state index contributed by atoms with van der Waals surface area (Å²) in [6.45, 7) is 0. The first-order chi connectivity index (χ1) is 12.8. The third-order valence-electron chi connectivity index (χ3n) is 3.88. The van der Waals surface area contributed by atoms with Gasteiger partial charge in [-0.3, -0.25) is 0 Å². The number of hydrogen-bond acceptors (Lipinski definition) is 3. The molecule has 2 heterocycles. The van der Waals surface area contributed by atoms with Crippen LogP contribution in [0.3, 0.4) is 0 Å². The SMILES string of the molecule is ICc1cccc(Nc2ncnc3[nH]c(C#Cc4ccccc4)cc23)c1. The fraction of sp³-hybridized carbons (Fsp3) is 0.0476. The molecule has 0 fully saturated rings. The van der Waals surface area contributed by atoms with Crippen molar-refractivity contribution in [1.82, 2.24) is 15.0 Å². The van der Waals surface area contributed by atoms with Gasteiger partial charge >= 0.3 is 0 Å². The second-order valence-electron chi connectivity index (χ2n) is 5.74. The maximum Gasteiger partial charge on any atom is 0.143 e. The van der Waals surface area contributed by atoms with E-state index in [-0.39, 0.29) is 0 Å². The molecule has 0 unspecified atom stereocenters. The number of benzene rings is 2. The van der Waals surface area contributed by atoms with Crippen LogP contribution in [0.5, 0.6) is 0 Å². The molecule has 4 nitrogen and oxygen atoms in total. The van der Waals surface area contributed by atoms with E-state index in [1.807, 2.05) is 48.5 Å². The lowest BCUT2D eigenvalue weighted by Crippen LogP contribution is -1.95. The van der Waals surface area contributed by atoms with Crippen LogP contribution in [0.15, 0.2) is 67.0 Å². The van der Waals surface area contributed by atoms with Crippen LogP contribution in [0.2, 0.25) is 0 Å². The number of rotatable bonds is 3. The summed E-state index contributed by atoms with van der Waals surface area (Å²) in [6, 6.07) is 20.2. The Morgan fingerprint density at radius 1 is 0.962 bits per heavy atom. The van der Waals surface area contributed by atoms with Gasteiger partial charge in [0.1, 0.15) is 17.8 Å². The molecule has 0 spiro atoms. The Morgan fingerprint density at radius 3 is 2.69 bits per heavy atom. The van der Waals surface area contributed by atoms with Gasteiger partial charge in [0, 0.05) is 15.7 Å². The van der Waals surface area contributed by atoms with Gasteiger partial charge in [0.05, 0.1) is 11.1 Å². The molecular weight excluding hydrogens is 435 g/mol. The van der Waals surface area contributed by atoms with Gasteiger partial charge in [-0.05, 0) is 41.8 Å². The molecule has 4 aromatic rings. The van der Waals surface area contributed by atoms with Gasteiger partial charge in [-0.25, -0.2) is 9.97 Å². The van der Waals surface area contributed by atoms with Crippen molar-refractivity contribution in [3.63, 3.8) is 0 Å². The zero-order valence-corrected chi connectivity index (χ0v) is 16.0. The number of fused-ring (bicyclic) bond motifs is 1. The number of hydrogen-bond donors (Lipinski definition) is 2. The van der Waals surface area contributed by atoms with Gasteiger partial charge in [0.2, 0.25) is 0 Å². The maximum atomic E-state index is 4.40. The number of aromatic amines is 1. The normalized spacial score (nSPS) is 10.3. The molecule has 4 rings (SSSR count). The summed E-state index contributed by atoms with van der Waals surface area (Å²) in [7, 11) is 0. The molecule has 0 atom stereocenters. The molecule has 0 aliphatic carbocycles. The lowest BCUT2D eigenvalue weighted by atomic mass is 10.2. The molecular formula is C21H15IN4. The van der Waals surface area contributed by atoms with E-state index in [1.54, 1.807) is 6.33 Å². The fourth-order valence-electron chi connectivity index (χ4n) is 2.64. The van der Waals surface area contributed by atoms with Crippen LogP contribution < -0.4 is 5.32 Å². The summed E-state index contributed by atoms with van der Waals surface area (Å²) in [5, 5.41) is 4.31. The predicted molar refractivity (Wildman–Crippen MR) is 114 cm³/mol. The molecule has 0 radical (unpaired) electrons. The lowest BCUT2D eigenvalue weighted by Gasteiger charge is -2.07.